The molecular weight excluding hydrogens is 168 g/mol. The summed E-state index contributed by atoms with van der Waals surface area (Å²) in [5.41, 5.74) is 1.25. The van der Waals surface area contributed by atoms with Gasteiger partial charge in [0.25, 0.3) is 0 Å². The lowest BCUT2D eigenvalue weighted by Crippen LogP contribution is -2.07. The summed E-state index contributed by atoms with van der Waals surface area (Å²) in [6.45, 7) is 0. The molecule has 0 radical (unpaired) electrons. The normalized spacial score (nSPS) is 7.50. The van der Waals surface area contributed by atoms with Gasteiger partial charge in [0.15, 0.2) is 0 Å². The van der Waals surface area contributed by atoms with Crippen molar-refractivity contribution in [3.05, 3.63) is 30.3 Å². The Kier molecular flexibility index (Phi) is 5.88. The van der Waals surface area contributed by atoms with Crippen LogP contribution in [0.2, 0.25) is 0 Å². The highest BCUT2D eigenvalue weighted by atomic mass is 32.1. The quantitative estimate of drug-likeness (QED) is 0.531. The zero-order chi connectivity index (χ0) is 9.40. The average Bonchev–Trinajstić information content (AvgIpc) is 2.07. The molecule has 1 aromatic carbocycles. The summed E-state index contributed by atoms with van der Waals surface area (Å²) in [6.07, 6.45) is 0. The number of thiocarbonyl (C=S) groups is 1. The first-order valence-corrected chi connectivity index (χ1v) is 3.89. The van der Waals surface area contributed by atoms with Crippen molar-refractivity contribution in [1.29, 1.82) is 5.41 Å². The largest absolute Gasteiger partial charge is 0.378 e. The molecular formula is C9H12N2S. The predicted molar refractivity (Wildman–Crippen MR) is 56.1 cm³/mol. The first kappa shape index (κ1) is 10.8. The Bertz CT molecular complexity index is 238. The van der Waals surface area contributed by atoms with Crippen LogP contribution >= 0.6 is 12.2 Å². The molecule has 0 saturated carbocycles. The molecule has 0 atom stereocenters. The monoisotopic (exact) mass is 180 g/mol. The Balaban J connectivity index is 0.000000354. The smallest absolute Gasteiger partial charge is 0.0554 e. The van der Waals surface area contributed by atoms with Gasteiger partial charge in [-0.25, -0.2) is 5.41 Å². The summed E-state index contributed by atoms with van der Waals surface area (Å²) < 4.78 is 0. The molecule has 1 N–H and O–H groups in total. The lowest BCUT2D eigenvalue weighted by molar-refractivity contribution is 1.13. The van der Waals surface area contributed by atoms with Gasteiger partial charge in [-0.2, -0.15) is 0 Å². The van der Waals surface area contributed by atoms with E-state index in [0.717, 1.165) is 0 Å². The minimum absolute atomic E-state index is 1.25. The number of hydrogen-bond acceptors (Lipinski definition) is 3. The van der Waals surface area contributed by atoms with Gasteiger partial charge in [0.05, 0.1) is 5.16 Å². The Morgan fingerprint density at radius 1 is 1.25 bits per heavy atom. The molecule has 0 aliphatic heterocycles. The van der Waals surface area contributed by atoms with Crippen LogP contribution in [0.15, 0.2) is 30.3 Å². The van der Waals surface area contributed by atoms with Crippen molar-refractivity contribution in [2.45, 2.75) is 0 Å². The van der Waals surface area contributed by atoms with Crippen molar-refractivity contribution < 1.29 is 0 Å². The topological polar surface area (TPSA) is 27.1 Å². The fraction of sp³-hybridized carbons (Fsp3) is 0.222. The highest BCUT2D eigenvalue weighted by Gasteiger charge is 1.87. The third-order valence-corrected chi connectivity index (χ3v) is 1.27. The van der Waals surface area contributed by atoms with E-state index in [1.807, 2.05) is 32.3 Å². The molecule has 0 heterocycles. The van der Waals surface area contributed by atoms with Gasteiger partial charge in [-0.05, 0) is 24.4 Å². The summed E-state index contributed by atoms with van der Waals surface area (Å²) in [5.74, 6) is 0. The number of isothiocyanates is 1. The summed E-state index contributed by atoms with van der Waals surface area (Å²) in [4.78, 5) is 2.08. The van der Waals surface area contributed by atoms with Gasteiger partial charge >= 0.3 is 0 Å². The van der Waals surface area contributed by atoms with Crippen LogP contribution in [0.3, 0.4) is 0 Å². The molecule has 0 fully saturated rings. The number of nitrogens with one attached hydrogen (secondary N) is 1. The SMILES string of the molecule is CN(C)c1ccccc1.N=C=S. The van der Waals surface area contributed by atoms with Gasteiger partial charge in [-0.1, -0.05) is 18.2 Å². The second-order valence-corrected chi connectivity index (χ2v) is 2.54. The van der Waals surface area contributed by atoms with Gasteiger partial charge in [0.1, 0.15) is 0 Å². The van der Waals surface area contributed by atoms with Crippen LogP contribution in [0, 0.1) is 5.41 Å². The van der Waals surface area contributed by atoms with E-state index >= 15 is 0 Å². The van der Waals surface area contributed by atoms with Gasteiger partial charge < -0.3 is 4.90 Å². The van der Waals surface area contributed by atoms with Crippen LogP contribution in [0.4, 0.5) is 5.69 Å². The van der Waals surface area contributed by atoms with Gasteiger partial charge in [0, 0.05) is 19.8 Å². The van der Waals surface area contributed by atoms with E-state index in [9.17, 15) is 0 Å². The van der Waals surface area contributed by atoms with Crippen molar-refractivity contribution in [2.24, 2.45) is 0 Å². The molecule has 0 aliphatic rings. The molecule has 0 saturated heterocycles. The molecule has 3 heteroatoms. The summed E-state index contributed by atoms with van der Waals surface area (Å²) in [7, 11) is 4.07. The first-order valence-electron chi connectivity index (χ1n) is 3.48. The molecule has 64 valence electrons. The summed E-state index contributed by atoms with van der Waals surface area (Å²) in [6, 6.07) is 10.3. The second-order valence-electron chi connectivity index (χ2n) is 2.33. The van der Waals surface area contributed by atoms with E-state index in [1.54, 1.807) is 5.16 Å². The number of rotatable bonds is 1. The van der Waals surface area contributed by atoms with Crippen molar-refractivity contribution in [3.63, 3.8) is 0 Å². The van der Waals surface area contributed by atoms with Crippen LogP contribution in [0.5, 0.6) is 0 Å². The number of para-hydroxylation sites is 1. The molecule has 1 aromatic rings. The first-order chi connectivity index (χ1) is 5.72. The van der Waals surface area contributed by atoms with Gasteiger partial charge in [-0.3, -0.25) is 0 Å². The number of benzene rings is 1. The minimum atomic E-state index is 1.25. The third-order valence-electron chi connectivity index (χ3n) is 1.27. The van der Waals surface area contributed by atoms with Crippen molar-refractivity contribution >= 4 is 23.1 Å². The molecule has 0 spiro atoms. The summed E-state index contributed by atoms with van der Waals surface area (Å²) in [5, 5.41) is 7.36. The maximum absolute atomic E-state index is 5.77. The lowest BCUT2D eigenvalue weighted by atomic mass is 10.3. The van der Waals surface area contributed by atoms with Crippen LogP contribution < -0.4 is 4.90 Å². The predicted octanol–water partition coefficient (Wildman–Crippen LogP) is 2.42. The van der Waals surface area contributed by atoms with E-state index in [-0.39, 0.29) is 0 Å². The number of hydrogen-bond donors (Lipinski definition) is 1. The van der Waals surface area contributed by atoms with Crippen LogP contribution in [-0.4, -0.2) is 19.3 Å². The number of anilines is 1. The van der Waals surface area contributed by atoms with Gasteiger partial charge in [-0.15, -0.1) is 0 Å². The average molecular weight is 180 g/mol. The number of nitrogens with zero attached hydrogens (tertiary/aromatic N) is 1. The van der Waals surface area contributed by atoms with E-state index in [0.29, 0.717) is 0 Å². The second kappa shape index (κ2) is 6.53. The maximum atomic E-state index is 5.77. The molecule has 0 bridgehead atoms. The van der Waals surface area contributed by atoms with Gasteiger partial charge in [0.2, 0.25) is 0 Å². The highest BCUT2D eigenvalue weighted by molar-refractivity contribution is 7.78. The molecule has 12 heavy (non-hydrogen) atoms. The van der Waals surface area contributed by atoms with Crippen molar-refractivity contribution in [1.82, 2.24) is 0 Å². The summed E-state index contributed by atoms with van der Waals surface area (Å²) >= 11 is 3.81. The van der Waals surface area contributed by atoms with E-state index in [4.69, 9.17) is 5.41 Å². The van der Waals surface area contributed by atoms with Crippen LogP contribution in [-0.2, 0) is 0 Å². The standard InChI is InChI=1S/C8H11N.CHNS/c1-9(2)8-6-4-3-5-7-8;2-1-3/h3-7H,1-2H3;2H. The molecule has 1 rings (SSSR count). The molecule has 0 amide bonds. The van der Waals surface area contributed by atoms with Crippen LogP contribution in [0.1, 0.15) is 0 Å². The van der Waals surface area contributed by atoms with E-state index < -0.39 is 0 Å². The zero-order valence-corrected chi connectivity index (χ0v) is 8.06. The Morgan fingerprint density at radius 3 is 1.92 bits per heavy atom. The molecule has 2 nitrogen and oxygen atoms in total. The zero-order valence-electron chi connectivity index (χ0n) is 7.24. The Labute approximate surface area is 78.3 Å². The lowest BCUT2D eigenvalue weighted by Gasteiger charge is -2.10. The molecule has 0 aromatic heterocycles. The van der Waals surface area contributed by atoms with Crippen molar-refractivity contribution in [3.8, 4) is 0 Å². The fourth-order valence-corrected chi connectivity index (χ4v) is 0.726. The van der Waals surface area contributed by atoms with Crippen molar-refractivity contribution in [2.75, 3.05) is 19.0 Å². The Morgan fingerprint density at radius 2 is 1.67 bits per heavy atom. The maximum Gasteiger partial charge on any atom is 0.0554 e. The highest BCUT2D eigenvalue weighted by Crippen LogP contribution is 2.07. The fourth-order valence-electron chi connectivity index (χ4n) is 0.726. The molecule has 0 aliphatic carbocycles. The van der Waals surface area contributed by atoms with Crippen LogP contribution in [0.25, 0.3) is 0 Å². The minimum Gasteiger partial charge on any atom is -0.378 e. The van der Waals surface area contributed by atoms with E-state index in [2.05, 4.69) is 29.3 Å². The Hall–Kier alpha value is -1.18. The van der Waals surface area contributed by atoms with E-state index in [1.165, 1.54) is 5.69 Å². The molecule has 0 unspecified atom stereocenters. The third kappa shape index (κ3) is 4.61.